The van der Waals surface area contributed by atoms with Crippen molar-refractivity contribution in [1.82, 2.24) is 15.5 Å². The highest BCUT2D eigenvalue weighted by Crippen LogP contribution is 2.26. The lowest BCUT2D eigenvalue weighted by atomic mass is 10.0. The average molecular weight is 434 g/mol. The van der Waals surface area contributed by atoms with Gasteiger partial charge in [0.2, 0.25) is 5.91 Å². The molecule has 31 heavy (non-hydrogen) atoms. The second kappa shape index (κ2) is 10.7. The molecule has 3 amide bonds. The number of terminal acetylenes is 1. The van der Waals surface area contributed by atoms with Gasteiger partial charge >= 0.3 is 6.09 Å². The molecule has 0 aliphatic carbocycles. The van der Waals surface area contributed by atoms with Crippen LogP contribution in [0.25, 0.3) is 0 Å². The summed E-state index contributed by atoms with van der Waals surface area (Å²) in [4.78, 5) is 38.9. The number of phenols is 1. The number of amides is 3. The Balaban J connectivity index is 3.30. The van der Waals surface area contributed by atoms with Crippen LogP contribution in [0.3, 0.4) is 0 Å². The third-order valence-electron chi connectivity index (χ3n) is 4.02. The first-order valence-electron chi connectivity index (χ1n) is 9.80. The topological polar surface area (TPSA) is 128 Å². The number of aromatic hydroxyl groups is 1. The van der Waals surface area contributed by atoms with Crippen LogP contribution in [0.15, 0.2) is 18.2 Å². The van der Waals surface area contributed by atoms with Gasteiger partial charge in [0.15, 0.2) is 0 Å². The van der Waals surface area contributed by atoms with Crippen LogP contribution in [0.4, 0.5) is 4.79 Å². The average Bonchev–Trinajstić information content (AvgIpc) is 2.63. The first kappa shape index (κ1) is 25.8. The van der Waals surface area contributed by atoms with Crippen molar-refractivity contribution in [2.75, 3.05) is 6.61 Å². The van der Waals surface area contributed by atoms with E-state index in [1.54, 1.807) is 41.5 Å². The number of alkyl carbamates (subject to hydrolysis) is 1. The molecule has 1 rings (SSSR count). The SMILES string of the molecule is C#CN(C(=O)C(CO)NC(=O)OC(C)(C)C)C(C(=O)NC(C)C)c1ccc(O)c(C)c1. The van der Waals surface area contributed by atoms with Gasteiger partial charge in [-0.3, -0.25) is 14.5 Å². The number of aliphatic hydroxyl groups excluding tert-OH is 1. The van der Waals surface area contributed by atoms with Crippen molar-refractivity contribution < 1.29 is 29.3 Å². The third kappa shape index (κ3) is 7.50. The van der Waals surface area contributed by atoms with Crippen LogP contribution in [0, 0.1) is 19.4 Å². The van der Waals surface area contributed by atoms with Crippen molar-refractivity contribution in [3.05, 3.63) is 29.3 Å². The van der Waals surface area contributed by atoms with Crippen molar-refractivity contribution in [1.29, 1.82) is 0 Å². The Morgan fingerprint density at radius 1 is 1.23 bits per heavy atom. The fourth-order valence-electron chi connectivity index (χ4n) is 2.70. The number of carbonyl (C=O) groups is 3. The van der Waals surface area contributed by atoms with Crippen molar-refractivity contribution in [3.8, 4) is 18.2 Å². The number of benzene rings is 1. The Kier molecular flexibility index (Phi) is 8.88. The van der Waals surface area contributed by atoms with Crippen LogP contribution in [0.5, 0.6) is 5.75 Å². The first-order valence-corrected chi connectivity index (χ1v) is 9.80. The van der Waals surface area contributed by atoms with E-state index >= 15 is 0 Å². The summed E-state index contributed by atoms with van der Waals surface area (Å²) in [5, 5.41) is 24.5. The molecule has 170 valence electrons. The number of phenolic OH excluding ortho intramolecular Hbond substituents is 1. The Morgan fingerprint density at radius 3 is 2.29 bits per heavy atom. The summed E-state index contributed by atoms with van der Waals surface area (Å²) in [5.74, 6) is -1.41. The maximum atomic E-state index is 13.1. The highest BCUT2D eigenvalue weighted by atomic mass is 16.6. The Labute approximate surface area is 182 Å². The first-order chi connectivity index (χ1) is 14.3. The molecule has 2 atom stereocenters. The minimum atomic E-state index is -1.43. The molecular formula is C22H31N3O6. The molecule has 0 saturated carbocycles. The summed E-state index contributed by atoms with van der Waals surface area (Å²) in [6.07, 6.45) is 4.66. The van der Waals surface area contributed by atoms with E-state index in [4.69, 9.17) is 11.2 Å². The van der Waals surface area contributed by atoms with Gasteiger partial charge in [0, 0.05) is 12.1 Å². The summed E-state index contributed by atoms with van der Waals surface area (Å²) >= 11 is 0. The molecule has 0 aliphatic heterocycles. The van der Waals surface area contributed by atoms with Crippen LogP contribution in [0.1, 0.15) is 51.8 Å². The van der Waals surface area contributed by atoms with E-state index in [2.05, 4.69) is 16.7 Å². The van der Waals surface area contributed by atoms with Crippen LogP contribution in [0.2, 0.25) is 0 Å². The Bertz CT molecular complexity index is 854. The minimum absolute atomic E-state index is 0.0187. The van der Waals surface area contributed by atoms with Crippen LogP contribution < -0.4 is 10.6 Å². The van der Waals surface area contributed by atoms with Gasteiger partial charge in [-0.25, -0.2) is 4.79 Å². The molecule has 2 unspecified atom stereocenters. The van der Waals surface area contributed by atoms with E-state index in [9.17, 15) is 24.6 Å². The van der Waals surface area contributed by atoms with Gasteiger partial charge < -0.3 is 25.6 Å². The third-order valence-corrected chi connectivity index (χ3v) is 4.02. The molecule has 1 aromatic rings. The minimum Gasteiger partial charge on any atom is -0.508 e. The normalized spacial score (nSPS) is 13.0. The zero-order valence-electron chi connectivity index (χ0n) is 18.7. The summed E-state index contributed by atoms with van der Waals surface area (Å²) in [6, 6.07) is 3.65. The smallest absolute Gasteiger partial charge is 0.408 e. The van der Waals surface area contributed by atoms with Crippen molar-refractivity contribution in [2.24, 2.45) is 0 Å². The summed E-state index contributed by atoms with van der Waals surface area (Å²) < 4.78 is 5.12. The number of ether oxygens (including phenoxy) is 1. The zero-order chi connectivity index (χ0) is 23.9. The van der Waals surface area contributed by atoms with E-state index in [1.165, 1.54) is 18.2 Å². The van der Waals surface area contributed by atoms with Crippen molar-refractivity contribution in [2.45, 2.75) is 65.3 Å². The predicted octanol–water partition coefficient (Wildman–Crippen LogP) is 1.57. The fourth-order valence-corrected chi connectivity index (χ4v) is 2.70. The molecule has 9 heteroatoms. The number of hydrogen-bond donors (Lipinski definition) is 4. The van der Waals surface area contributed by atoms with Gasteiger partial charge in [-0.05, 0) is 64.8 Å². The van der Waals surface area contributed by atoms with Gasteiger partial charge in [-0.15, -0.1) is 0 Å². The van der Waals surface area contributed by atoms with Crippen LogP contribution in [-0.4, -0.2) is 57.3 Å². The molecule has 0 saturated heterocycles. The number of aliphatic hydroxyl groups is 1. The molecule has 0 aliphatic rings. The molecule has 4 N–H and O–H groups in total. The molecule has 9 nitrogen and oxygen atoms in total. The lowest BCUT2D eigenvalue weighted by Gasteiger charge is -2.30. The van der Waals surface area contributed by atoms with E-state index in [0.29, 0.717) is 11.1 Å². The number of aryl methyl sites for hydroxylation is 1. The number of hydrogen-bond acceptors (Lipinski definition) is 6. The van der Waals surface area contributed by atoms with Gasteiger partial charge in [0.1, 0.15) is 23.4 Å². The van der Waals surface area contributed by atoms with E-state index < -0.39 is 42.2 Å². The summed E-state index contributed by atoms with van der Waals surface area (Å²) in [5.41, 5.74) is 0.0194. The lowest BCUT2D eigenvalue weighted by molar-refractivity contribution is -0.139. The van der Waals surface area contributed by atoms with Crippen LogP contribution >= 0.6 is 0 Å². The quantitative estimate of drug-likeness (QED) is 0.382. The Hall–Kier alpha value is -3.25. The standard InChI is InChI=1S/C22H31N3O6/c1-8-25(20(29)16(12-26)24-21(30)31-22(5,6)7)18(19(28)23-13(2)3)15-9-10-17(27)14(4)11-15/h1,9-11,13,16,18,26-27H,12H2,2-7H3,(H,23,28)(H,24,30). The number of nitrogens with one attached hydrogen (secondary N) is 2. The molecule has 0 bridgehead atoms. The largest absolute Gasteiger partial charge is 0.508 e. The molecule has 0 radical (unpaired) electrons. The molecule has 0 spiro atoms. The lowest BCUT2D eigenvalue weighted by Crippen LogP contribution is -2.53. The Morgan fingerprint density at radius 2 is 1.84 bits per heavy atom. The fraction of sp³-hybridized carbons (Fsp3) is 0.500. The second-order valence-corrected chi connectivity index (χ2v) is 8.33. The molecule has 0 fully saturated rings. The van der Waals surface area contributed by atoms with Gasteiger partial charge in [0.05, 0.1) is 6.61 Å². The van der Waals surface area contributed by atoms with E-state index in [-0.39, 0.29) is 11.8 Å². The maximum absolute atomic E-state index is 13.1. The molecule has 1 aromatic carbocycles. The summed E-state index contributed by atoms with van der Waals surface area (Å²) in [6.45, 7) is 9.32. The number of nitrogens with zero attached hydrogens (tertiary/aromatic N) is 1. The highest BCUT2D eigenvalue weighted by molar-refractivity contribution is 5.93. The second-order valence-electron chi connectivity index (χ2n) is 8.33. The molecule has 0 heterocycles. The van der Waals surface area contributed by atoms with Gasteiger partial charge in [-0.2, -0.15) is 0 Å². The zero-order valence-corrected chi connectivity index (χ0v) is 18.7. The highest BCUT2D eigenvalue weighted by Gasteiger charge is 2.36. The molecular weight excluding hydrogens is 402 g/mol. The maximum Gasteiger partial charge on any atom is 0.408 e. The number of carbonyl (C=O) groups excluding carboxylic acids is 3. The van der Waals surface area contributed by atoms with E-state index in [0.717, 1.165) is 4.90 Å². The number of rotatable bonds is 7. The predicted molar refractivity (Wildman–Crippen MR) is 115 cm³/mol. The molecule has 0 aromatic heterocycles. The summed E-state index contributed by atoms with van der Waals surface area (Å²) in [7, 11) is 0. The van der Waals surface area contributed by atoms with Crippen LogP contribution in [-0.2, 0) is 14.3 Å². The monoisotopic (exact) mass is 433 g/mol. The van der Waals surface area contributed by atoms with Crippen molar-refractivity contribution in [3.63, 3.8) is 0 Å². The van der Waals surface area contributed by atoms with Gasteiger partial charge in [0.25, 0.3) is 5.91 Å². The van der Waals surface area contributed by atoms with Crippen molar-refractivity contribution >= 4 is 17.9 Å². The van der Waals surface area contributed by atoms with E-state index in [1.807, 2.05) is 0 Å². The van der Waals surface area contributed by atoms with Gasteiger partial charge in [-0.1, -0.05) is 12.5 Å².